The number of anilines is 2. The Bertz CT molecular complexity index is 2070. The molecule has 1 N–H and O–H groups in total. The second kappa shape index (κ2) is 21.8. The number of Topliss-reactive ketones (excluding diaryl/α,β-unsaturated/α-hetero) is 2. The van der Waals surface area contributed by atoms with E-state index in [1.807, 2.05) is 32.1 Å². The van der Waals surface area contributed by atoms with Crippen LogP contribution in [-0.2, 0) is 53.6 Å². The number of allylic oxidation sites excluding steroid dienone is 4. The zero-order valence-electron chi connectivity index (χ0n) is 37.3. The van der Waals surface area contributed by atoms with Crippen LogP contribution in [0.1, 0.15) is 84.3 Å². The number of nitrogens with zero attached hydrogens (tertiary/aromatic N) is 2. The Morgan fingerprint density at radius 3 is 2.19 bits per heavy atom. The fourth-order valence-corrected chi connectivity index (χ4v) is 8.46. The molecule has 3 aliphatic rings. The maximum Gasteiger partial charge on any atom is 0.306 e. The van der Waals surface area contributed by atoms with E-state index in [2.05, 4.69) is 54.8 Å². The first-order chi connectivity index (χ1) is 29.4. The largest absolute Gasteiger partial charge is 0.482 e. The monoisotopic (exact) mass is 880 g/mol. The molecule has 1 fully saturated rings. The summed E-state index contributed by atoms with van der Waals surface area (Å²) < 4.78 is 68.1. The Morgan fingerprint density at radius 2 is 1.58 bits per heavy atom. The summed E-state index contributed by atoms with van der Waals surface area (Å²) in [7, 11) is -1.14. The van der Waals surface area contributed by atoms with Crippen molar-refractivity contribution >= 4 is 44.6 Å². The highest BCUT2D eigenvalue weighted by atomic mass is 32.2. The van der Waals surface area contributed by atoms with Crippen molar-refractivity contribution in [3.8, 4) is 5.75 Å². The van der Waals surface area contributed by atoms with E-state index in [0.29, 0.717) is 78.5 Å². The van der Waals surface area contributed by atoms with Gasteiger partial charge in [-0.3, -0.25) is 18.9 Å². The molecule has 0 bridgehead atoms. The molecule has 2 aliphatic heterocycles. The van der Waals surface area contributed by atoms with Gasteiger partial charge in [-0.2, -0.15) is 8.42 Å². The number of rotatable bonds is 23. The number of methoxy groups -OCH3 is 2. The molecule has 1 unspecified atom stereocenters. The van der Waals surface area contributed by atoms with Gasteiger partial charge in [-0.1, -0.05) is 47.1 Å². The van der Waals surface area contributed by atoms with Gasteiger partial charge in [-0.05, 0) is 78.0 Å². The molecule has 1 aliphatic carbocycles. The van der Waals surface area contributed by atoms with Crippen molar-refractivity contribution in [2.24, 2.45) is 5.41 Å². The first kappa shape index (κ1) is 48.6. The average molecular weight is 881 g/mol. The lowest BCUT2D eigenvalue weighted by Gasteiger charge is -2.33. The van der Waals surface area contributed by atoms with Gasteiger partial charge in [0, 0.05) is 87.2 Å². The molecule has 5 rings (SSSR count). The minimum absolute atomic E-state index is 0.0863. The highest BCUT2D eigenvalue weighted by Gasteiger charge is 2.41. The smallest absolute Gasteiger partial charge is 0.306 e. The molecule has 0 aromatic heterocycles. The lowest BCUT2D eigenvalue weighted by Crippen LogP contribution is -2.32. The predicted octanol–water partition coefficient (Wildman–Crippen LogP) is 6.90. The van der Waals surface area contributed by atoms with Crippen LogP contribution in [0.15, 0.2) is 71.3 Å². The topological polar surface area (TPSA) is 167 Å². The van der Waals surface area contributed by atoms with Crippen LogP contribution >= 0.6 is 0 Å². The van der Waals surface area contributed by atoms with E-state index >= 15 is 0 Å². The molecular weight excluding hydrogens is 817 g/mol. The Morgan fingerprint density at radius 1 is 0.919 bits per heavy atom. The summed E-state index contributed by atoms with van der Waals surface area (Å²) in [5.74, 6) is -0.497. The SMILES string of the molecule is COCCOCCN(CCOCCOC)c1ccc2c(c1)OC(/C=C/C=C1/N(CCCCCC(=O)OC3C(=O)CCC3=O)c3ccc(S(=O)(=O)O)cc3C1(C)C)C=C2C(C)(C)C. The molecule has 1 atom stereocenters. The van der Waals surface area contributed by atoms with Crippen molar-refractivity contribution in [3.05, 3.63) is 77.5 Å². The normalized spacial score (nSPS) is 18.3. The number of hydrogen-bond donors (Lipinski definition) is 1. The molecule has 2 aromatic carbocycles. The van der Waals surface area contributed by atoms with Crippen LogP contribution in [-0.4, -0.2) is 116 Å². The van der Waals surface area contributed by atoms with Crippen molar-refractivity contribution in [3.63, 3.8) is 0 Å². The molecule has 0 amide bonds. The number of ketones is 2. The number of benzene rings is 2. The molecule has 14 nitrogen and oxygen atoms in total. The van der Waals surface area contributed by atoms with Crippen LogP contribution < -0.4 is 14.5 Å². The third kappa shape index (κ3) is 12.6. The van der Waals surface area contributed by atoms with Crippen molar-refractivity contribution < 1.29 is 55.8 Å². The second-order valence-electron chi connectivity index (χ2n) is 17.3. The molecule has 0 radical (unpaired) electrons. The van der Waals surface area contributed by atoms with Crippen LogP contribution in [0, 0.1) is 5.41 Å². The number of hydrogen-bond acceptors (Lipinski definition) is 13. The van der Waals surface area contributed by atoms with E-state index in [0.717, 1.165) is 39.5 Å². The average Bonchev–Trinajstić information content (AvgIpc) is 3.64. The molecule has 62 heavy (non-hydrogen) atoms. The Kier molecular flexibility index (Phi) is 17.1. The van der Waals surface area contributed by atoms with Gasteiger partial charge in [0.1, 0.15) is 11.9 Å². The predicted molar refractivity (Wildman–Crippen MR) is 237 cm³/mol. The quantitative estimate of drug-likeness (QED) is 0.0530. The summed E-state index contributed by atoms with van der Waals surface area (Å²) in [4.78, 5) is 40.5. The van der Waals surface area contributed by atoms with Crippen LogP contribution in [0.3, 0.4) is 0 Å². The van der Waals surface area contributed by atoms with Gasteiger partial charge >= 0.3 is 5.97 Å². The fourth-order valence-electron chi connectivity index (χ4n) is 7.96. The number of ether oxygens (including phenoxy) is 6. The van der Waals surface area contributed by atoms with E-state index in [1.165, 1.54) is 12.1 Å². The molecule has 1 saturated carbocycles. The third-order valence-corrected chi connectivity index (χ3v) is 12.2. The lowest BCUT2D eigenvalue weighted by molar-refractivity contribution is -0.157. The summed E-state index contributed by atoms with van der Waals surface area (Å²) in [6, 6.07) is 11.0. The van der Waals surface area contributed by atoms with Crippen molar-refractivity contribution in [2.45, 2.75) is 95.7 Å². The van der Waals surface area contributed by atoms with E-state index in [4.69, 9.17) is 28.4 Å². The number of fused-ring (bicyclic) bond motifs is 2. The third-order valence-electron chi connectivity index (χ3n) is 11.3. The number of unbranched alkanes of at least 4 members (excludes halogenated alkanes) is 2. The van der Waals surface area contributed by atoms with Gasteiger partial charge in [0.2, 0.25) is 6.10 Å². The molecular formula is C47H64N2O12S. The van der Waals surface area contributed by atoms with Crippen LogP contribution in [0.2, 0.25) is 0 Å². The van der Waals surface area contributed by atoms with E-state index < -0.39 is 33.7 Å². The van der Waals surface area contributed by atoms with Gasteiger partial charge in [0.15, 0.2) is 11.6 Å². The van der Waals surface area contributed by atoms with Crippen molar-refractivity contribution in [1.82, 2.24) is 0 Å². The van der Waals surface area contributed by atoms with Gasteiger partial charge < -0.3 is 38.2 Å². The molecule has 0 saturated heterocycles. The van der Waals surface area contributed by atoms with Crippen molar-refractivity contribution in [1.29, 1.82) is 0 Å². The lowest BCUT2D eigenvalue weighted by atomic mass is 9.80. The first-order valence-corrected chi connectivity index (χ1v) is 22.8. The minimum Gasteiger partial charge on any atom is -0.482 e. The van der Waals surface area contributed by atoms with E-state index in [9.17, 15) is 27.4 Å². The van der Waals surface area contributed by atoms with Gasteiger partial charge in [-0.25, -0.2) is 0 Å². The van der Waals surface area contributed by atoms with Crippen LogP contribution in [0.5, 0.6) is 5.75 Å². The summed E-state index contributed by atoms with van der Waals surface area (Å²) in [5.41, 5.74) is 4.83. The number of esters is 1. The highest BCUT2D eigenvalue weighted by Crippen LogP contribution is 2.49. The number of carbonyl (C=O) groups is 3. The van der Waals surface area contributed by atoms with Crippen molar-refractivity contribution in [2.75, 3.05) is 83.3 Å². The summed E-state index contributed by atoms with van der Waals surface area (Å²) >= 11 is 0. The number of carbonyl (C=O) groups excluding carboxylic acids is 3. The zero-order valence-corrected chi connectivity index (χ0v) is 38.1. The maximum atomic E-state index is 12.4. The summed E-state index contributed by atoms with van der Waals surface area (Å²) in [6.07, 6.45) is 8.64. The zero-order chi connectivity index (χ0) is 45.1. The second-order valence-corrected chi connectivity index (χ2v) is 18.7. The fraction of sp³-hybridized carbons (Fsp3) is 0.553. The Balaban J connectivity index is 1.36. The standard InChI is InChI=1S/C47H64N2O12S/c1-46(2,3)37-31-34(60-42-30-33(15-17-36(37)42)48(22-24-58-28-26-56-6)23-25-59-29-27-57-7)12-11-13-43-47(4,5)38-32-35(62(53,54)55)16-18-39(38)49(43)21-10-8-9-14-44(52)61-45-40(50)19-20-41(45)51/h11-13,15-18,30-32,34,45H,8-10,14,19-29H2,1-7H3,(H,53,54,55)/b12-11+,43-13+. The summed E-state index contributed by atoms with van der Waals surface area (Å²) in [5, 5.41) is 0. The van der Waals surface area contributed by atoms with Crippen LogP contribution in [0.25, 0.3) is 5.57 Å². The maximum absolute atomic E-state index is 12.4. The molecule has 2 aromatic rings. The molecule has 340 valence electrons. The van der Waals surface area contributed by atoms with Crippen LogP contribution in [0.4, 0.5) is 11.4 Å². The van der Waals surface area contributed by atoms with E-state index in [-0.39, 0.29) is 41.1 Å². The summed E-state index contributed by atoms with van der Waals surface area (Å²) in [6.45, 7) is 15.5. The molecule has 0 spiro atoms. The molecule has 2 heterocycles. The van der Waals surface area contributed by atoms with E-state index in [1.54, 1.807) is 20.3 Å². The van der Waals surface area contributed by atoms with Gasteiger partial charge in [0.25, 0.3) is 10.1 Å². The minimum atomic E-state index is -4.44. The highest BCUT2D eigenvalue weighted by molar-refractivity contribution is 7.85. The Labute approximate surface area is 366 Å². The Hall–Kier alpha value is -4.38. The first-order valence-electron chi connectivity index (χ1n) is 21.4. The van der Waals surface area contributed by atoms with Gasteiger partial charge in [0.05, 0.1) is 44.5 Å². The van der Waals surface area contributed by atoms with Gasteiger partial charge in [-0.15, -0.1) is 0 Å². The molecule has 15 heteroatoms.